The number of aromatic hydroxyl groups is 1. The van der Waals surface area contributed by atoms with E-state index >= 15 is 0 Å². The second-order valence-electron chi connectivity index (χ2n) is 4.55. The highest BCUT2D eigenvalue weighted by molar-refractivity contribution is 9.11. The number of hydrogen-bond acceptors (Lipinski definition) is 2. The van der Waals surface area contributed by atoms with Crippen molar-refractivity contribution >= 4 is 31.9 Å². The molecule has 0 unspecified atom stereocenters. The monoisotopic (exact) mass is 347 g/mol. The molecule has 1 aliphatic rings. The van der Waals surface area contributed by atoms with Crippen molar-refractivity contribution in [2.24, 2.45) is 5.92 Å². The number of phenols is 1. The van der Waals surface area contributed by atoms with Crippen molar-refractivity contribution in [2.75, 3.05) is 0 Å². The predicted octanol–water partition coefficient (Wildman–Crippen LogP) is 3.81. The Kier molecular flexibility index (Phi) is 3.93. The first kappa shape index (κ1) is 12.4. The van der Waals surface area contributed by atoms with E-state index in [1.54, 1.807) is 0 Å². The Morgan fingerprint density at radius 1 is 1.38 bits per heavy atom. The summed E-state index contributed by atoms with van der Waals surface area (Å²) in [6.07, 6.45) is 2.49. The van der Waals surface area contributed by atoms with Gasteiger partial charge >= 0.3 is 0 Å². The molecule has 2 rings (SSSR count). The van der Waals surface area contributed by atoms with Crippen molar-refractivity contribution < 1.29 is 5.11 Å². The van der Waals surface area contributed by atoms with Crippen molar-refractivity contribution in [3.05, 3.63) is 26.6 Å². The highest BCUT2D eigenvalue weighted by Gasteiger charge is 2.24. The molecule has 2 nitrogen and oxygen atoms in total. The van der Waals surface area contributed by atoms with Crippen LogP contribution in [0.5, 0.6) is 5.75 Å². The number of rotatable bonds is 3. The fourth-order valence-electron chi connectivity index (χ4n) is 2.08. The summed E-state index contributed by atoms with van der Waals surface area (Å²) in [5, 5.41) is 13.3. The van der Waals surface area contributed by atoms with Gasteiger partial charge < -0.3 is 10.4 Å². The lowest BCUT2D eigenvalue weighted by Crippen LogP contribution is -2.39. The lowest BCUT2D eigenvalue weighted by atomic mass is 9.82. The molecule has 1 aromatic carbocycles. The lowest BCUT2D eigenvalue weighted by Gasteiger charge is -2.33. The summed E-state index contributed by atoms with van der Waals surface area (Å²) < 4.78 is 1.72. The van der Waals surface area contributed by atoms with Crippen LogP contribution >= 0.6 is 31.9 Å². The van der Waals surface area contributed by atoms with Crippen LogP contribution in [0.4, 0.5) is 0 Å². The standard InChI is InChI=1S/C12H15Br2NO/c1-7-2-10(3-7)15-6-8-4-9(13)5-11(14)12(8)16/h4-5,7,10,15-16H,2-3,6H2,1H3. The van der Waals surface area contributed by atoms with Gasteiger partial charge in [-0.1, -0.05) is 22.9 Å². The van der Waals surface area contributed by atoms with Gasteiger partial charge in [0.15, 0.2) is 0 Å². The van der Waals surface area contributed by atoms with Gasteiger partial charge in [0.2, 0.25) is 0 Å². The Labute approximate surface area is 113 Å². The van der Waals surface area contributed by atoms with Gasteiger partial charge in [0.25, 0.3) is 0 Å². The molecule has 0 radical (unpaired) electrons. The average molecular weight is 349 g/mol. The van der Waals surface area contributed by atoms with E-state index in [9.17, 15) is 5.11 Å². The molecular weight excluding hydrogens is 334 g/mol. The fraction of sp³-hybridized carbons (Fsp3) is 0.500. The maximum absolute atomic E-state index is 9.87. The van der Waals surface area contributed by atoms with Gasteiger partial charge in [-0.15, -0.1) is 0 Å². The summed E-state index contributed by atoms with van der Waals surface area (Å²) in [6.45, 7) is 2.99. The second-order valence-corrected chi connectivity index (χ2v) is 6.32. The zero-order valence-electron chi connectivity index (χ0n) is 9.13. The fourth-order valence-corrected chi connectivity index (χ4v) is 3.39. The topological polar surface area (TPSA) is 32.3 Å². The number of phenolic OH excluding ortho intramolecular Hbond substituents is 1. The molecule has 1 aromatic rings. The summed E-state index contributed by atoms with van der Waals surface area (Å²) in [5.74, 6) is 1.18. The van der Waals surface area contributed by atoms with E-state index in [1.165, 1.54) is 12.8 Å². The minimum absolute atomic E-state index is 0.336. The molecule has 4 heteroatoms. The van der Waals surface area contributed by atoms with Crippen molar-refractivity contribution in [1.29, 1.82) is 0 Å². The normalized spacial score (nSPS) is 24.2. The Balaban J connectivity index is 1.98. The number of nitrogens with one attached hydrogen (secondary N) is 1. The minimum atomic E-state index is 0.336. The van der Waals surface area contributed by atoms with E-state index in [2.05, 4.69) is 44.1 Å². The van der Waals surface area contributed by atoms with Gasteiger partial charge in [0.1, 0.15) is 5.75 Å². The molecule has 0 aromatic heterocycles. The van der Waals surface area contributed by atoms with E-state index in [1.807, 2.05) is 12.1 Å². The first-order chi connectivity index (χ1) is 7.56. The van der Waals surface area contributed by atoms with Crippen molar-refractivity contribution in [1.82, 2.24) is 5.32 Å². The molecule has 0 saturated heterocycles. The SMILES string of the molecule is CC1CC(NCc2cc(Br)cc(Br)c2O)C1. The molecule has 16 heavy (non-hydrogen) atoms. The first-order valence-electron chi connectivity index (χ1n) is 5.46. The molecule has 2 N–H and O–H groups in total. The first-order valence-corrected chi connectivity index (χ1v) is 7.05. The third-order valence-electron chi connectivity index (χ3n) is 3.06. The minimum Gasteiger partial charge on any atom is -0.506 e. The second kappa shape index (κ2) is 5.07. The Morgan fingerprint density at radius 2 is 2.06 bits per heavy atom. The zero-order valence-corrected chi connectivity index (χ0v) is 12.3. The van der Waals surface area contributed by atoms with Crippen LogP contribution in [0.25, 0.3) is 0 Å². The summed E-state index contributed by atoms with van der Waals surface area (Å²) >= 11 is 6.76. The van der Waals surface area contributed by atoms with E-state index in [0.717, 1.165) is 27.0 Å². The van der Waals surface area contributed by atoms with Crippen LogP contribution in [-0.2, 0) is 6.54 Å². The number of hydrogen-bond donors (Lipinski definition) is 2. The molecule has 0 spiro atoms. The third kappa shape index (κ3) is 2.79. The lowest BCUT2D eigenvalue weighted by molar-refractivity contribution is 0.239. The number of halogens is 2. The van der Waals surface area contributed by atoms with Crippen LogP contribution < -0.4 is 5.32 Å². The van der Waals surface area contributed by atoms with Gasteiger partial charge in [0, 0.05) is 22.6 Å². The summed E-state index contributed by atoms with van der Waals surface area (Å²) in [7, 11) is 0. The molecular formula is C12H15Br2NO. The highest BCUT2D eigenvalue weighted by Crippen LogP contribution is 2.32. The van der Waals surface area contributed by atoms with Gasteiger partial charge in [0.05, 0.1) is 4.47 Å². The van der Waals surface area contributed by atoms with Crippen LogP contribution in [0.2, 0.25) is 0 Å². The molecule has 0 atom stereocenters. The van der Waals surface area contributed by atoms with Crippen LogP contribution in [-0.4, -0.2) is 11.1 Å². The van der Waals surface area contributed by atoms with E-state index in [4.69, 9.17) is 0 Å². The highest BCUT2D eigenvalue weighted by atomic mass is 79.9. The van der Waals surface area contributed by atoms with Crippen molar-refractivity contribution in [3.63, 3.8) is 0 Å². The van der Waals surface area contributed by atoms with Crippen LogP contribution in [0.3, 0.4) is 0 Å². The molecule has 1 fully saturated rings. The molecule has 1 saturated carbocycles. The Bertz CT molecular complexity index is 389. The van der Waals surface area contributed by atoms with Crippen molar-refractivity contribution in [2.45, 2.75) is 32.4 Å². The third-order valence-corrected chi connectivity index (χ3v) is 4.12. The van der Waals surface area contributed by atoms with Gasteiger partial charge in [-0.05, 0) is 46.8 Å². The Morgan fingerprint density at radius 3 is 2.69 bits per heavy atom. The molecule has 0 aliphatic heterocycles. The Hall–Kier alpha value is -0.0600. The predicted molar refractivity (Wildman–Crippen MR) is 72.5 cm³/mol. The summed E-state index contributed by atoms with van der Waals surface area (Å²) in [4.78, 5) is 0. The average Bonchev–Trinajstić information content (AvgIpc) is 2.17. The van der Waals surface area contributed by atoms with Crippen LogP contribution in [0, 0.1) is 5.92 Å². The largest absolute Gasteiger partial charge is 0.506 e. The maximum atomic E-state index is 9.87. The summed E-state index contributed by atoms with van der Waals surface area (Å²) in [6, 6.07) is 4.42. The maximum Gasteiger partial charge on any atom is 0.134 e. The molecule has 88 valence electrons. The molecule has 0 bridgehead atoms. The molecule has 1 aliphatic carbocycles. The van der Waals surface area contributed by atoms with Gasteiger partial charge in [-0.2, -0.15) is 0 Å². The smallest absolute Gasteiger partial charge is 0.134 e. The van der Waals surface area contributed by atoms with E-state index < -0.39 is 0 Å². The van der Waals surface area contributed by atoms with E-state index in [-0.39, 0.29) is 0 Å². The van der Waals surface area contributed by atoms with Gasteiger partial charge in [-0.25, -0.2) is 0 Å². The van der Waals surface area contributed by atoms with Crippen molar-refractivity contribution in [3.8, 4) is 5.75 Å². The van der Waals surface area contributed by atoms with Crippen LogP contribution in [0.1, 0.15) is 25.3 Å². The van der Waals surface area contributed by atoms with Crippen LogP contribution in [0.15, 0.2) is 21.1 Å². The molecule has 0 amide bonds. The molecule has 0 heterocycles. The quantitative estimate of drug-likeness (QED) is 0.870. The summed E-state index contributed by atoms with van der Waals surface area (Å²) in [5.41, 5.74) is 0.931. The van der Waals surface area contributed by atoms with Gasteiger partial charge in [-0.3, -0.25) is 0 Å². The number of benzene rings is 1. The van der Waals surface area contributed by atoms with E-state index in [0.29, 0.717) is 11.8 Å². The zero-order chi connectivity index (χ0) is 11.7.